The van der Waals surface area contributed by atoms with E-state index in [-0.39, 0.29) is 5.82 Å². The van der Waals surface area contributed by atoms with Crippen LogP contribution in [0.4, 0.5) is 10.1 Å². The Hall–Kier alpha value is -2.10. The van der Waals surface area contributed by atoms with Gasteiger partial charge in [-0.05, 0) is 30.2 Å². The summed E-state index contributed by atoms with van der Waals surface area (Å²) < 4.78 is 14.2. The number of benzene rings is 1. The van der Waals surface area contributed by atoms with Crippen molar-refractivity contribution in [2.24, 2.45) is 5.10 Å². The lowest BCUT2D eigenvalue weighted by atomic mass is 10.1. The summed E-state index contributed by atoms with van der Waals surface area (Å²) in [5.41, 5.74) is 2.11. The molecule has 1 rings (SSSR count). The van der Waals surface area contributed by atoms with Crippen LogP contribution in [0.3, 0.4) is 0 Å². The Bertz CT molecular complexity index is 533. The van der Waals surface area contributed by atoms with Gasteiger partial charge in [-0.15, -0.1) is 0 Å². The number of nitrogens with zero attached hydrogens (tertiary/aromatic N) is 3. The van der Waals surface area contributed by atoms with Crippen molar-refractivity contribution in [2.45, 2.75) is 20.3 Å². The highest BCUT2D eigenvalue weighted by Gasteiger charge is 2.12. The number of hydrogen-bond donors (Lipinski definition) is 0. The second kappa shape index (κ2) is 6.89. The van der Waals surface area contributed by atoms with Gasteiger partial charge < -0.3 is 4.90 Å². The smallest absolute Gasteiger partial charge is 0.149 e. The average Bonchev–Trinajstić information content (AvgIpc) is 2.42. The molecule has 0 saturated heterocycles. The third kappa shape index (κ3) is 3.47. The van der Waals surface area contributed by atoms with Gasteiger partial charge in [-0.25, -0.2) is 9.40 Å². The van der Waals surface area contributed by atoms with E-state index in [2.05, 4.69) is 18.3 Å². The predicted octanol–water partition coefficient (Wildman–Crippen LogP) is 4.01. The van der Waals surface area contributed by atoms with Crippen LogP contribution in [0.15, 0.2) is 36.6 Å². The van der Waals surface area contributed by atoms with Gasteiger partial charge in [0.15, 0.2) is 0 Å². The van der Waals surface area contributed by atoms with Crippen molar-refractivity contribution in [1.82, 2.24) is 4.90 Å². The third-order valence-corrected chi connectivity index (χ3v) is 3.03. The summed E-state index contributed by atoms with van der Waals surface area (Å²) in [5, 5.41) is 5.90. The Kier molecular flexibility index (Phi) is 5.50. The largest absolute Gasteiger partial charge is 0.365 e. The fourth-order valence-electron chi connectivity index (χ4n) is 1.87. The van der Waals surface area contributed by atoms with Gasteiger partial charge >= 0.3 is 0 Å². The molecule has 0 unspecified atom stereocenters. The summed E-state index contributed by atoms with van der Waals surface area (Å²) in [6.45, 7) is 11.3. The van der Waals surface area contributed by atoms with Crippen LogP contribution in [0.25, 0.3) is 6.08 Å². The maximum absolute atomic E-state index is 14.2. The van der Waals surface area contributed by atoms with Crippen LogP contribution in [0.5, 0.6) is 0 Å². The summed E-state index contributed by atoms with van der Waals surface area (Å²) in [4.78, 5) is 1.90. The lowest BCUT2D eigenvalue weighted by molar-refractivity contribution is 0.599. The SMILES string of the molecule is C=Cc1cc(F)c(N(C=C)/N=C(/CC)N(C)C)cc1C. The first kappa shape index (κ1) is 16.0. The number of amidine groups is 1. The van der Waals surface area contributed by atoms with Crippen LogP contribution in [-0.2, 0) is 0 Å². The molecule has 0 spiro atoms. The van der Waals surface area contributed by atoms with Crippen molar-refractivity contribution < 1.29 is 4.39 Å². The molecule has 0 saturated carbocycles. The van der Waals surface area contributed by atoms with E-state index in [0.29, 0.717) is 5.69 Å². The summed E-state index contributed by atoms with van der Waals surface area (Å²) in [6.07, 6.45) is 3.90. The molecule has 0 aromatic heterocycles. The Balaban J connectivity index is 3.29. The summed E-state index contributed by atoms with van der Waals surface area (Å²) in [6, 6.07) is 3.21. The highest BCUT2D eigenvalue weighted by atomic mass is 19.1. The first-order valence-corrected chi connectivity index (χ1v) is 6.53. The van der Waals surface area contributed by atoms with E-state index < -0.39 is 0 Å². The van der Waals surface area contributed by atoms with Gasteiger partial charge in [0, 0.05) is 26.7 Å². The van der Waals surface area contributed by atoms with E-state index in [1.807, 2.05) is 32.8 Å². The summed E-state index contributed by atoms with van der Waals surface area (Å²) in [7, 11) is 3.82. The lowest BCUT2D eigenvalue weighted by Crippen LogP contribution is -2.25. The van der Waals surface area contributed by atoms with Crippen molar-refractivity contribution in [2.75, 3.05) is 19.1 Å². The first-order chi connectivity index (χ1) is 9.44. The average molecular weight is 275 g/mol. The molecule has 20 heavy (non-hydrogen) atoms. The Morgan fingerprint density at radius 1 is 1.35 bits per heavy atom. The molecule has 3 nitrogen and oxygen atoms in total. The molecule has 0 fully saturated rings. The minimum absolute atomic E-state index is 0.344. The molecule has 108 valence electrons. The highest BCUT2D eigenvalue weighted by molar-refractivity contribution is 5.82. The van der Waals surface area contributed by atoms with Crippen molar-refractivity contribution in [3.05, 3.63) is 48.4 Å². The predicted molar refractivity (Wildman–Crippen MR) is 85.3 cm³/mol. The Morgan fingerprint density at radius 3 is 2.45 bits per heavy atom. The molecular formula is C16H22FN3. The van der Waals surface area contributed by atoms with Crippen LogP contribution in [0, 0.1) is 12.7 Å². The standard InChI is InChI=1S/C16H22FN3/c1-7-13-11-14(17)15(10-12(13)4)20(9-3)18-16(8-2)19(5)6/h7,9-11H,1,3,8H2,2,4-6H3/b18-16-. The summed E-state index contributed by atoms with van der Waals surface area (Å²) in [5.74, 6) is 0.498. The molecule has 0 aliphatic rings. The summed E-state index contributed by atoms with van der Waals surface area (Å²) >= 11 is 0. The second-order valence-corrected chi connectivity index (χ2v) is 4.66. The molecule has 0 bridgehead atoms. The fourth-order valence-corrected chi connectivity index (χ4v) is 1.87. The molecule has 1 aromatic rings. The zero-order valence-electron chi connectivity index (χ0n) is 12.7. The number of anilines is 1. The topological polar surface area (TPSA) is 18.8 Å². The van der Waals surface area contributed by atoms with Gasteiger partial charge in [0.1, 0.15) is 17.3 Å². The Labute approximate surface area is 120 Å². The number of rotatable bonds is 5. The number of halogens is 1. The van der Waals surface area contributed by atoms with Crippen LogP contribution in [0.2, 0.25) is 0 Å². The normalized spacial score (nSPS) is 11.2. The van der Waals surface area contributed by atoms with E-state index >= 15 is 0 Å². The minimum Gasteiger partial charge on any atom is -0.365 e. The van der Waals surface area contributed by atoms with Gasteiger partial charge in [0.05, 0.1) is 0 Å². The molecule has 4 heteroatoms. The maximum Gasteiger partial charge on any atom is 0.149 e. The van der Waals surface area contributed by atoms with E-state index in [0.717, 1.165) is 23.4 Å². The van der Waals surface area contributed by atoms with Crippen LogP contribution in [-0.4, -0.2) is 24.8 Å². The fraction of sp³-hybridized carbons (Fsp3) is 0.312. The number of hydrazone groups is 1. The second-order valence-electron chi connectivity index (χ2n) is 4.66. The van der Waals surface area contributed by atoms with Crippen LogP contribution in [0.1, 0.15) is 24.5 Å². The monoisotopic (exact) mass is 275 g/mol. The van der Waals surface area contributed by atoms with Gasteiger partial charge in [-0.2, -0.15) is 5.10 Å². The lowest BCUT2D eigenvalue weighted by Gasteiger charge is -2.21. The van der Waals surface area contributed by atoms with Gasteiger partial charge in [-0.1, -0.05) is 26.2 Å². The molecule has 0 N–H and O–H groups in total. The van der Waals surface area contributed by atoms with Crippen LogP contribution < -0.4 is 5.01 Å². The quantitative estimate of drug-likeness (QED) is 0.459. The van der Waals surface area contributed by atoms with Crippen molar-refractivity contribution in [1.29, 1.82) is 0 Å². The van der Waals surface area contributed by atoms with Gasteiger partial charge in [0.2, 0.25) is 0 Å². The number of hydrogen-bond acceptors (Lipinski definition) is 2. The van der Waals surface area contributed by atoms with Crippen molar-refractivity contribution >= 4 is 17.6 Å². The van der Waals surface area contributed by atoms with E-state index in [1.54, 1.807) is 12.1 Å². The first-order valence-electron chi connectivity index (χ1n) is 6.53. The molecule has 0 amide bonds. The van der Waals surface area contributed by atoms with E-state index in [9.17, 15) is 4.39 Å². The van der Waals surface area contributed by atoms with Gasteiger partial charge in [-0.3, -0.25) is 0 Å². The van der Waals surface area contributed by atoms with Crippen molar-refractivity contribution in [3.63, 3.8) is 0 Å². The molecule has 0 heterocycles. The molecular weight excluding hydrogens is 253 g/mol. The molecule has 1 aromatic carbocycles. The van der Waals surface area contributed by atoms with Gasteiger partial charge in [0.25, 0.3) is 0 Å². The Morgan fingerprint density at radius 2 is 2.00 bits per heavy atom. The van der Waals surface area contributed by atoms with Crippen molar-refractivity contribution in [3.8, 4) is 0 Å². The zero-order chi connectivity index (χ0) is 15.3. The number of aryl methyl sites for hydroxylation is 1. The molecule has 0 atom stereocenters. The van der Waals surface area contributed by atoms with Crippen LogP contribution >= 0.6 is 0 Å². The van der Waals surface area contributed by atoms with E-state index in [4.69, 9.17) is 0 Å². The molecule has 0 aliphatic heterocycles. The zero-order valence-corrected chi connectivity index (χ0v) is 12.7. The van der Waals surface area contributed by atoms with E-state index in [1.165, 1.54) is 17.3 Å². The third-order valence-electron chi connectivity index (χ3n) is 3.03. The maximum atomic E-state index is 14.2. The molecule has 0 radical (unpaired) electrons. The minimum atomic E-state index is -0.344. The molecule has 0 aliphatic carbocycles. The highest BCUT2D eigenvalue weighted by Crippen LogP contribution is 2.25.